The molecule has 4 aliphatic carbocycles. The van der Waals surface area contributed by atoms with E-state index in [4.69, 9.17) is 37.6 Å². The first-order valence-electron chi connectivity index (χ1n) is 17.9. The molecule has 0 unspecified atom stereocenters. The summed E-state index contributed by atoms with van der Waals surface area (Å²) in [4.78, 5) is 92.6. The zero-order chi connectivity index (χ0) is 41.8. The number of carbonyl (C=O) groups is 7. The Balaban J connectivity index is 1.86. The van der Waals surface area contributed by atoms with Gasteiger partial charge in [-0.15, -0.1) is 0 Å². The maximum absolute atomic E-state index is 14.2. The lowest BCUT2D eigenvalue weighted by atomic mass is 9.32. The van der Waals surface area contributed by atoms with Gasteiger partial charge in [-0.25, -0.2) is 0 Å². The number of aliphatic hydroxyl groups is 4. The standard InChI is InChI=1S/C37H46O19/c1-16(38)51-15-33-22(11-24(43)49-8)31(6)14-34(33,45)36(47,29(31)54-19(4)41)30(55-20(5)42)35(46)23-12-25(44)56-26(21-9-10-50-13-21)32(23,7)27(52-17(2)39)28(37(33,35)48)53-18(3)40/h9-10,13,22-23,26-30,45-48H,11-12,14-15H2,1-8H3/t22-,23+,26-,27-,28+,29-,30-,31+,32+,33+,34+,35+,36-,37-/m0/s1. The van der Waals surface area contributed by atoms with Gasteiger partial charge < -0.3 is 58.0 Å². The molecular formula is C37H46O19. The predicted molar refractivity (Wildman–Crippen MR) is 178 cm³/mol. The van der Waals surface area contributed by atoms with E-state index in [2.05, 4.69) is 0 Å². The van der Waals surface area contributed by atoms with E-state index in [0.717, 1.165) is 41.7 Å². The fourth-order valence-corrected chi connectivity index (χ4v) is 11.8. The average Bonchev–Trinajstić information content (AvgIpc) is 3.74. The van der Waals surface area contributed by atoms with Crippen molar-refractivity contribution in [3.63, 3.8) is 0 Å². The molecule has 2 heterocycles. The molecule has 1 aliphatic heterocycles. The second-order valence-corrected chi connectivity index (χ2v) is 16.1. The Bertz CT molecular complexity index is 1860. The van der Waals surface area contributed by atoms with Crippen molar-refractivity contribution in [2.45, 2.75) is 121 Å². The predicted octanol–water partition coefficient (Wildman–Crippen LogP) is -0.279. The van der Waals surface area contributed by atoms with Crippen LogP contribution in [0.15, 0.2) is 23.0 Å². The van der Waals surface area contributed by atoms with Gasteiger partial charge >= 0.3 is 41.8 Å². The smallest absolute Gasteiger partial charge is 0.306 e. The Hall–Kier alpha value is -4.59. The fourth-order valence-electron chi connectivity index (χ4n) is 11.8. The third kappa shape index (κ3) is 4.86. The van der Waals surface area contributed by atoms with Gasteiger partial charge in [0.25, 0.3) is 0 Å². The molecule has 14 atom stereocenters. The highest BCUT2D eigenvalue weighted by Crippen LogP contribution is 2.84. The van der Waals surface area contributed by atoms with Crippen molar-refractivity contribution >= 4 is 41.8 Å². The molecule has 1 aromatic heterocycles. The molecule has 19 nitrogen and oxygen atoms in total. The summed E-state index contributed by atoms with van der Waals surface area (Å²) in [5, 5.41) is 55.1. The molecule has 5 fully saturated rings. The lowest BCUT2D eigenvalue weighted by Gasteiger charge is -2.78. The summed E-state index contributed by atoms with van der Waals surface area (Å²) in [6, 6.07) is 1.39. The van der Waals surface area contributed by atoms with Gasteiger partial charge in [-0.05, 0) is 18.4 Å². The van der Waals surface area contributed by atoms with Crippen molar-refractivity contribution < 1.29 is 91.6 Å². The van der Waals surface area contributed by atoms with Crippen LogP contribution in [0.1, 0.15) is 79.4 Å². The monoisotopic (exact) mass is 794 g/mol. The number of hydrogen-bond acceptors (Lipinski definition) is 19. The summed E-state index contributed by atoms with van der Waals surface area (Å²) in [5.74, 6) is -11.0. The largest absolute Gasteiger partial charge is 0.472 e. The first kappa shape index (κ1) is 41.1. The van der Waals surface area contributed by atoms with Gasteiger partial charge in [0.1, 0.15) is 35.6 Å². The number of cyclic esters (lactones) is 1. The minimum atomic E-state index is -3.46. The maximum atomic E-state index is 14.2. The van der Waals surface area contributed by atoms with Gasteiger partial charge in [0.05, 0.1) is 36.9 Å². The minimum Gasteiger partial charge on any atom is -0.472 e. The molecule has 0 amide bonds. The number of esters is 7. The lowest BCUT2D eigenvalue weighted by molar-refractivity contribution is -0.468. The molecule has 5 aliphatic rings. The van der Waals surface area contributed by atoms with E-state index < -0.39 is 149 Å². The van der Waals surface area contributed by atoms with Crippen molar-refractivity contribution in [3.05, 3.63) is 24.2 Å². The van der Waals surface area contributed by atoms with Crippen LogP contribution in [-0.2, 0) is 66.7 Å². The molecule has 6 rings (SSSR count). The summed E-state index contributed by atoms with van der Waals surface area (Å²) in [6.07, 6.45) is -10.5. The Morgan fingerprint density at radius 3 is 1.89 bits per heavy atom. The number of hydrogen-bond donors (Lipinski definition) is 4. The van der Waals surface area contributed by atoms with Gasteiger partial charge in [-0.1, -0.05) is 13.8 Å². The van der Waals surface area contributed by atoms with Crippen LogP contribution in [0.3, 0.4) is 0 Å². The topological polar surface area (TPSA) is 278 Å². The van der Waals surface area contributed by atoms with E-state index >= 15 is 0 Å². The average molecular weight is 795 g/mol. The molecule has 56 heavy (non-hydrogen) atoms. The van der Waals surface area contributed by atoms with Crippen molar-refractivity contribution in [3.8, 4) is 0 Å². The zero-order valence-corrected chi connectivity index (χ0v) is 32.0. The molecule has 0 spiro atoms. The van der Waals surface area contributed by atoms with E-state index in [-0.39, 0.29) is 5.56 Å². The summed E-state index contributed by atoms with van der Waals surface area (Å²) in [5.41, 5.74) is -19.7. The highest BCUT2D eigenvalue weighted by atomic mass is 16.6. The summed E-state index contributed by atoms with van der Waals surface area (Å²) in [7, 11) is 1.03. The number of rotatable bonds is 9. The number of ether oxygens (including phenoxy) is 7. The molecule has 308 valence electrons. The van der Waals surface area contributed by atoms with Crippen LogP contribution in [0.25, 0.3) is 0 Å². The molecular weight excluding hydrogens is 748 g/mol. The zero-order valence-electron chi connectivity index (χ0n) is 32.0. The van der Waals surface area contributed by atoms with Crippen LogP contribution in [-0.4, -0.2) is 123 Å². The SMILES string of the molecule is COC(=O)C[C@H]1[C@@]2(C)C[C@]3(O)[C@@](O)([C@@H](OC(C)=O)[C@]4(O)[C@@H]5CC(=O)O[C@@H](c6ccoc6)[C@]5(C)[C@@H](OC(C)=O)[C@@H](OC(C)=O)[C@]4(O)[C@]13COC(C)=O)[C@H]2OC(C)=O. The lowest BCUT2D eigenvalue weighted by Crippen LogP contribution is -2.98. The highest BCUT2D eigenvalue weighted by molar-refractivity contribution is 5.75. The molecule has 2 bridgehead atoms. The highest BCUT2D eigenvalue weighted by Gasteiger charge is 3.01. The van der Waals surface area contributed by atoms with Crippen LogP contribution in [0.4, 0.5) is 0 Å². The van der Waals surface area contributed by atoms with Crippen LogP contribution < -0.4 is 0 Å². The Labute approximate surface area is 319 Å². The third-order valence-electron chi connectivity index (χ3n) is 13.4. The number of methoxy groups -OCH3 is 1. The van der Waals surface area contributed by atoms with E-state index in [1.54, 1.807) is 0 Å². The van der Waals surface area contributed by atoms with E-state index in [9.17, 15) is 54.0 Å². The Morgan fingerprint density at radius 2 is 1.38 bits per heavy atom. The Kier molecular flexibility index (Phi) is 9.51. The van der Waals surface area contributed by atoms with Crippen LogP contribution in [0.2, 0.25) is 0 Å². The quantitative estimate of drug-likeness (QED) is 0.185. The van der Waals surface area contributed by atoms with Crippen molar-refractivity contribution in [1.82, 2.24) is 0 Å². The third-order valence-corrected chi connectivity index (χ3v) is 13.4. The summed E-state index contributed by atoms with van der Waals surface area (Å²) >= 11 is 0. The second-order valence-electron chi connectivity index (χ2n) is 16.1. The first-order valence-corrected chi connectivity index (χ1v) is 17.9. The molecule has 19 heteroatoms. The molecule has 1 saturated heterocycles. The normalized spacial score (nSPS) is 44.3. The maximum Gasteiger partial charge on any atom is 0.306 e. The Morgan fingerprint density at radius 1 is 0.804 bits per heavy atom. The summed E-state index contributed by atoms with van der Waals surface area (Å²) < 4.78 is 45.1. The van der Waals surface area contributed by atoms with Crippen molar-refractivity contribution in [2.75, 3.05) is 13.7 Å². The van der Waals surface area contributed by atoms with Crippen LogP contribution >= 0.6 is 0 Å². The molecule has 4 N–H and O–H groups in total. The van der Waals surface area contributed by atoms with Crippen LogP contribution in [0, 0.1) is 28.1 Å². The summed E-state index contributed by atoms with van der Waals surface area (Å²) in [6.45, 7) is 6.31. The van der Waals surface area contributed by atoms with Gasteiger partial charge in [0.2, 0.25) is 0 Å². The van der Waals surface area contributed by atoms with Crippen LogP contribution in [0.5, 0.6) is 0 Å². The van der Waals surface area contributed by atoms with Gasteiger partial charge in [-0.3, -0.25) is 33.6 Å². The number of carbonyl (C=O) groups excluding carboxylic acids is 7. The first-order chi connectivity index (χ1) is 25.9. The van der Waals surface area contributed by atoms with E-state index in [1.165, 1.54) is 32.4 Å². The molecule has 1 aromatic rings. The van der Waals surface area contributed by atoms with Gasteiger partial charge in [0.15, 0.2) is 23.9 Å². The number of fused-ring (bicyclic) bond motifs is 5. The van der Waals surface area contributed by atoms with Gasteiger partial charge in [0, 0.05) is 57.9 Å². The molecule has 4 saturated carbocycles. The van der Waals surface area contributed by atoms with Crippen molar-refractivity contribution in [1.29, 1.82) is 0 Å². The fraction of sp³-hybridized carbons (Fsp3) is 0.703. The second kappa shape index (κ2) is 13.0. The molecule has 0 aromatic carbocycles. The molecule has 0 radical (unpaired) electrons. The minimum absolute atomic E-state index is 0.126. The van der Waals surface area contributed by atoms with Gasteiger partial charge in [-0.2, -0.15) is 0 Å². The van der Waals surface area contributed by atoms with E-state index in [0.29, 0.717) is 0 Å². The number of furan rings is 1. The van der Waals surface area contributed by atoms with Crippen molar-refractivity contribution in [2.24, 2.45) is 28.1 Å². The van der Waals surface area contributed by atoms with E-state index in [1.807, 2.05) is 0 Å².